The smallest absolute Gasteiger partial charge is 0.351 e. The first-order valence-corrected chi connectivity index (χ1v) is 9.85. The molecule has 0 saturated carbocycles. The Labute approximate surface area is 183 Å². The van der Waals surface area contributed by atoms with Crippen molar-refractivity contribution >= 4 is 16.7 Å². The summed E-state index contributed by atoms with van der Waals surface area (Å²) in [5.41, 5.74) is 5.84. The predicted molar refractivity (Wildman–Crippen MR) is 118 cm³/mol. The molecule has 0 unspecified atom stereocenters. The standard InChI is InChI=1S/C9H13N3O5.C8H7N.C5H5N/c10-5-1-2-12(9(16)11-5)8-7(15)6(14)4(3-13)17-8;1-2-4-8-7(3-1)5-6-9-8;1-2-4-6-5-3-1/h1-2,4,6-8,13-15H,3H2,(H2,10,11,16);1-6,9H;1-5H/t4-,6-,7-,8-;;/m1../s1. The van der Waals surface area contributed by atoms with Gasteiger partial charge in [-0.15, -0.1) is 0 Å². The highest BCUT2D eigenvalue weighted by Gasteiger charge is 2.43. The number of fused-ring (bicyclic) bond motifs is 1. The summed E-state index contributed by atoms with van der Waals surface area (Å²) >= 11 is 0. The number of nitrogens with two attached hydrogens (primary N) is 1. The van der Waals surface area contributed by atoms with Crippen LogP contribution in [0.1, 0.15) is 6.23 Å². The third kappa shape index (κ3) is 5.77. The fraction of sp³-hybridized carbons (Fsp3) is 0.227. The number of rotatable bonds is 2. The molecule has 0 amide bonds. The van der Waals surface area contributed by atoms with E-state index in [0.717, 1.165) is 4.57 Å². The number of anilines is 1. The number of aliphatic hydroxyl groups is 3. The molecule has 0 spiro atoms. The van der Waals surface area contributed by atoms with E-state index in [1.807, 2.05) is 36.5 Å². The van der Waals surface area contributed by atoms with E-state index in [1.54, 1.807) is 12.4 Å². The van der Waals surface area contributed by atoms with Crippen LogP contribution in [0.25, 0.3) is 10.9 Å². The van der Waals surface area contributed by atoms with Crippen molar-refractivity contribution < 1.29 is 20.1 Å². The maximum Gasteiger partial charge on any atom is 0.351 e. The summed E-state index contributed by atoms with van der Waals surface area (Å²) in [6, 6.07) is 17.4. The normalized spacial score (nSPS) is 21.8. The second kappa shape index (κ2) is 11.2. The van der Waals surface area contributed by atoms with Gasteiger partial charge in [-0.25, -0.2) is 4.79 Å². The van der Waals surface area contributed by atoms with Crippen LogP contribution in [0, 0.1) is 0 Å². The first kappa shape index (κ1) is 23.1. The Kier molecular flexibility index (Phi) is 8.06. The number of H-pyrrole nitrogens is 1. The molecule has 6 N–H and O–H groups in total. The van der Waals surface area contributed by atoms with Crippen LogP contribution in [0.4, 0.5) is 5.82 Å². The molecule has 0 aliphatic carbocycles. The zero-order valence-corrected chi connectivity index (χ0v) is 17.1. The van der Waals surface area contributed by atoms with Crippen LogP contribution in [-0.2, 0) is 4.74 Å². The molecule has 0 bridgehead atoms. The van der Waals surface area contributed by atoms with Crippen LogP contribution in [0.5, 0.6) is 0 Å². The Hall–Kier alpha value is -3.57. The number of para-hydroxylation sites is 1. The van der Waals surface area contributed by atoms with E-state index in [9.17, 15) is 15.0 Å². The number of nitrogen functional groups attached to an aromatic ring is 1. The van der Waals surface area contributed by atoms with Gasteiger partial charge in [0.1, 0.15) is 24.1 Å². The van der Waals surface area contributed by atoms with Gasteiger partial charge in [0, 0.05) is 30.3 Å². The number of nitrogens with zero attached hydrogens (tertiary/aromatic N) is 3. The highest BCUT2D eigenvalue weighted by molar-refractivity contribution is 5.78. The van der Waals surface area contributed by atoms with Crippen molar-refractivity contribution in [1.82, 2.24) is 19.5 Å². The first-order valence-electron chi connectivity index (χ1n) is 9.85. The van der Waals surface area contributed by atoms with Crippen molar-refractivity contribution in [3.63, 3.8) is 0 Å². The van der Waals surface area contributed by atoms with Crippen LogP contribution in [-0.4, -0.2) is 59.8 Å². The van der Waals surface area contributed by atoms with Crippen molar-refractivity contribution in [2.24, 2.45) is 0 Å². The topological polar surface area (TPSA) is 160 Å². The number of hydrogen-bond donors (Lipinski definition) is 5. The SMILES string of the molecule is Nc1ccn([C@@H]2O[C@H](CO)[C@@H](O)[C@H]2O)c(=O)n1.c1ccc2[nH]ccc2c1.c1ccncc1. The predicted octanol–water partition coefficient (Wildman–Crippen LogP) is 0.686. The van der Waals surface area contributed by atoms with Gasteiger partial charge in [0.05, 0.1) is 6.61 Å². The molecule has 10 heteroatoms. The van der Waals surface area contributed by atoms with E-state index in [1.165, 1.54) is 23.2 Å². The van der Waals surface area contributed by atoms with Gasteiger partial charge in [0.15, 0.2) is 6.23 Å². The Morgan fingerprint density at radius 2 is 1.78 bits per heavy atom. The maximum absolute atomic E-state index is 11.5. The van der Waals surface area contributed by atoms with Gasteiger partial charge >= 0.3 is 5.69 Å². The molecule has 1 fully saturated rings. The van der Waals surface area contributed by atoms with Crippen molar-refractivity contribution in [3.05, 3.63) is 89.9 Å². The number of aromatic nitrogens is 4. The van der Waals surface area contributed by atoms with Crippen LogP contribution >= 0.6 is 0 Å². The first-order chi connectivity index (χ1) is 15.5. The van der Waals surface area contributed by atoms with Gasteiger partial charge in [0.25, 0.3) is 0 Å². The molecule has 168 valence electrons. The van der Waals surface area contributed by atoms with E-state index >= 15 is 0 Å². The third-order valence-corrected chi connectivity index (χ3v) is 4.67. The minimum absolute atomic E-state index is 0.0537. The summed E-state index contributed by atoms with van der Waals surface area (Å²) in [6.07, 6.45) is 2.18. The van der Waals surface area contributed by atoms with E-state index in [4.69, 9.17) is 15.6 Å². The highest BCUT2D eigenvalue weighted by Crippen LogP contribution is 2.27. The Morgan fingerprint density at radius 1 is 1.03 bits per heavy atom. The second-order valence-corrected chi connectivity index (χ2v) is 6.86. The third-order valence-electron chi connectivity index (χ3n) is 4.67. The average molecular weight is 439 g/mol. The average Bonchev–Trinajstić information content (AvgIpc) is 3.41. The number of nitrogens with one attached hydrogen (secondary N) is 1. The summed E-state index contributed by atoms with van der Waals surface area (Å²) in [5.74, 6) is 0.0537. The molecular weight excluding hydrogens is 414 g/mol. The molecule has 1 saturated heterocycles. The number of ether oxygens (including phenoxy) is 1. The van der Waals surface area contributed by atoms with Gasteiger partial charge in [-0.2, -0.15) is 4.98 Å². The van der Waals surface area contributed by atoms with Gasteiger partial charge < -0.3 is 30.8 Å². The summed E-state index contributed by atoms with van der Waals surface area (Å²) in [5, 5.41) is 29.4. The van der Waals surface area contributed by atoms with Gasteiger partial charge in [-0.3, -0.25) is 9.55 Å². The molecule has 3 aromatic heterocycles. The van der Waals surface area contributed by atoms with E-state index in [-0.39, 0.29) is 5.82 Å². The number of aromatic amines is 1. The largest absolute Gasteiger partial charge is 0.394 e. The quantitative estimate of drug-likeness (QED) is 0.305. The zero-order chi connectivity index (χ0) is 22.9. The van der Waals surface area contributed by atoms with E-state index in [2.05, 4.69) is 33.2 Å². The molecule has 10 nitrogen and oxygen atoms in total. The lowest BCUT2D eigenvalue weighted by Gasteiger charge is -2.16. The summed E-state index contributed by atoms with van der Waals surface area (Å²) < 4.78 is 6.19. The number of aliphatic hydroxyl groups excluding tert-OH is 3. The van der Waals surface area contributed by atoms with Crippen molar-refractivity contribution in [2.45, 2.75) is 24.5 Å². The minimum atomic E-state index is -1.31. The minimum Gasteiger partial charge on any atom is -0.394 e. The van der Waals surface area contributed by atoms with E-state index < -0.39 is 36.8 Å². The van der Waals surface area contributed by atoms with Crippen LogP contribution in [0.2, 0.25) is 0 Å². The molecule has 4 heterocycles. The second-order valence-electron chi connectivity index (χ2n) is 6.86. The Morgan fingerprint density at radius 3 is 2.34 bits per heavy atom. The molecular formula is C22H25N5O5. The summed E-state index contributed by atoms with van der Waals surface area (Å²) in [4.78, 5) is 21.9. The summed E-state index contributed by atoms with van der Waals surface area (Å²) in [7, 11) is 0. The van der Waals surface area contributed by atoms with Crippen molar-refractivity contribution in [1.29, 1.82) is 0 Å². The van der Waals surface area contributed by atoms with Crippen molar-refractivity contribution in [3.8, 4) is 0 Å². The number of benzene rings is 1. The molecule has 32 heavy (non-hydrogen) atoms. The highest BCUT2D eigenvalue weighted by atomic mass is 16.6. The monoisotopic (exact) mass is 439 g/mol. The van der Waals surface area contributed by atoms with E-state index in [0.29, 0.717) is 0 Å². The Balaban J connectivity index is 0.000000159. The lowest BCUT2D eigenvalue weighted by atomic mass is 10.1. The molecule has 5 rings (SSSR count). The van der Waals surface area contributed by atoms with Crippen LogP contribution < -0.4 is 11.4 Å². The van der Waals surface area contributed by atoms with Gasteiger partial charge in [-0.1, -0.05) is 24.3 Å². The number of hydrogen-bond acceptors (Lipinski definition) is 8. The van der Waals surface area contributed by atoms with Gasteiger partial charge in [-0.05, 0) is 35.7 Å². The van der Waals surface area contributed by atoms with Crippen LogP contribution in [0.15, 0.2) is 84.2 Å². The number of pyridine rings is 1. The molecule has 1 aromatic carbocycles. The fourth-order valence-corrected chi connectivity index (χ4v) is 3.04. The molecule has 4 atom stereocenters. The molecule has 4 aromatic rings. The lowest BCUT2D eigenvalue weighted by Crippen LogP contribution is -2.36. The fourth-order valence-electron chi connectivity index (χ4n) is 3.04. The zero-order valence-electron chi connectivity index (χ0n) is 17.1. The molecule has 1 aliphatic rings. The van der Waals surface area contributed by atoms with Gasteiger partial charge in [0.2, 0.25) is 0 Å². The maximum atomic E-state index is 11.5. The summed E-state index contributed by atoms with van der Waals surface area (Å²) in [6.45, 7) is -0.453. The van der Waals surface area contributed by atoms with Crippen molar-refractivity contribution in [2.75, 3.05) is 12.3 Å². The molecule has 1 aliphatic heterocycles. The van der Waals surface area contributed by atoms with Crippen LogP contribution in [0.3, 0.4) is 0 Å². The molecule has 0 radical (unpaired) electrons. The Bertz CT molecular complexity index is 1090. The lowest BCUT2D eigenvalue weighted by molar-refractivity contribution is -0.0549.